The maximum Gasteiger partial charge on any atom is 0.176 e. The van der Waals surface area contributed by atoms with E-state index in [9.17, 15) is 0 Å². The lowest BCUT2D eigenvalue weighted by atomic mass is 10.3. The number of rotatable bonds is 1. The Bertz CT molecular complexity index is 540. The Morgan fingerprint density at radius 3 is 2.80 bits per heavy atom. The number of pyridine rings is 1. The molecule has 0 aliphatic carbocycles. The molecule has 5 nitrogen and oxygen atoms in total. The van der Waals surface area contributed by atoms with Crippen LogP contribution in [0.5, 0.6) is 0 Å². The zero-order valence-corrected chi connectivity index (χ0v) is 8.31. The van der Waals surface area contributed by atoms with Gasteiger partial charge in [-0.3, -0.25) is 0 Å². The molecule has 0 aliphatic rings. The standard InChI is InChI=1S/C9H6ClN5/c10-7-4-14-15(5-7)9-8(12)1-6(2-11)3-13-9/h1,3-5H,12H2. The van der Waals surface area contributed by atoms with Crippen LogP contribution < -0.4 is 5.73 Å². The molecule has 0 saturated carbocycles. The minimum atomic E-state index is 0.383. The summed E-state index contributed by atoms with van der Waals surface area (Å²) in [7, 11) is 0. The van der Waals surface area contributed by atoms with Crippen LogP contribution in [-0.2, 0) is 0 Å². The Morgan fingerprint density at radius 2 is 2.27 bits per heavy atom. The monoisotopic (exact) mass is 219 g/mol. The number of nitrogens with two attached hydrogens (primary N) is 1. The SMILES string of the molecule is N#Cc1cnc(-n2cc(Cl)cn2)c(N)c1. The predicted molar refractivity (Wildman–Crippen MR) is 55.5 cm³/mol. The second kappa shape index (κ2) is 3.59. The summed E-state index contributed by atoms with van der Waals surface area (Å²) in [6.07, 6.45) is 4.51. The van der Waals surface area contributed by atoms with Crippen LogP contribution in [0.2, 0.25) is 5.02 Å². The summed E-state index contributed by atoms with van der Waals surface area (Å²) >= 11 is 5.72. The van der Waals surface area contributed by atoms with Crippen molar-refractivity contribution in [1.82, 2.24) is 14.8 Å². The molecule has 0 aromatic carbocycles. The number of hydrogen-bond acceptors (Lipinski definition) is 4. The molecule has 0 amide bonds. The van der Waals surface area contributed by atoms with Crippen molar-refractivity contribution in [1.29, 1.82) is 5.26 Å². The summed E-state index contributed by atoms with van der Waals surface area (Å²) in [6.45, 7) is 0. The van der Waals surface area contributed by atoms with Crippen molar-refractivity contribution in [2.75, 3.05) is 5.73 Å². The van der Waals surface area contributed by atoms with Gasteiger partial charge in [-0.25, -0.2) is 9.67 Å². The Morgan fingerprint density at radius 1 is 1.47 bits per heavy atom. The summed E-state index contributed by atoms with van der Waals surface area (Å²) in [6, 6.07) is 3.49. The van der Waals surface area contributed by atoms with E-state index in [0.29, 0.717) is 22.1 Å². The highest BCUT2D eigenvalue weighted by Crippen LogP contribution is 2.16. The quantitative estimate of drug-likeness (QED) is 0.786. The van der Waals surface area contributed by atoms with E-state index >= 15 is 0 Å². The van der Waals surface area contributed by atoms with Gasteiger partial charge >= 0.3 is 0 Å². The molecule has 0 bridgehead atoms. The molecule has 2 heterocycles. The third kappa shape index (κ3) is 1.75. The number of nitriles is 1. The van der Waals surface area contributed by atoms with Crippen LogP contribution >= 0.6 is 11.6 Å². The van der Waals surface area contributed by atoms with E-state index in [4.69, 9.17) is 22.6 Å². The molecule has 0 aliphatic heterocycles. The molecule has 2 aromatic heterocycles. The van der Waals surface area contributed by atoms with Crippen LogP contribution in [0.25, 0.3) is 5.82 Å². The van der Waals surface area contributed by atoms with Gasteiger partial charge in [0.25, 0.3) is 0 Å². The van der Waals surface area contributed by atoms with Crippen LogP contribution in [0.4, 0.5) is 5.69 Å². The zero-order chi connectivity index (χ0) is 10.8. The molecule has 2 N–H and O–H groups in total. The van der Waals surface area contributed by atoms with Crippen LogP contribution in [0.1, 0.15) is 5.56 Å². The van der Waals surface area contributed by atoms with Crippen molar-refractivity contribution in [3.8, 4) is 11.9 Å². The molecule has 2 aromatic rings. The normalized spacial score (nSPS) is 9.87. The summed E-state index contributed by atoms with van der Waals surface area (Å²) in [4.78, 5) is 4.03. The molecule has 0 fully saturated rings. The highest BCUT2D eigenvalue weighted by molar-refractivity contribution is 6.30. The lowest BCUT2D eigenvalue weighted by molar-refractivity contribution is 0.849. The molecule has 0 atom stereocenters. The first-order valence-electron chi connectivity index (χ1n) is 4.07. The zero-order valence-electron chi connectivity index (χ0n) is 7.55. The highest BCUT2D eigenvalue weighted by atomic mass is 35.5. The molecule has 0 radical (unpaired) electrons. The van der Waals surface area contributed by atoms with E-state index < -0.39 is 0 Å². The third-order valence-corrected chi connectivity index (χ3v) is 1.99. The molecule has 2 rings (SSSR count). The molecule has 0 saturated heterocycles. The van der Waals surface area contributed by atoms with Crippen LogP contribution in [0.15, 0.2) is 24.7 Å². The van der Waals surface area contributed by atoms with E-state index in [0.717, 1.165) is 0 Å². The first-order valence-corrected chi connectivity index (χ1v) is 4.44. The lowest BCUT2D eigenvalue weighted by Gasteiger charge is -2.03. The van der Waals surface area contributed by atoms with Crippen molar-refractivity contribution in [2.24, 2.45) is 0 Å². The van der Waals surface area contributed by atoms with Crippen LogP contribution in [-0.4, -0.2) is 14.8 Å². The first-order chi connectivity index (χ1) is 7.20. The molecule has 0 unspecified atom stereocenters. The fourth-order valence-electron chi connectivity index (χ4n) is 1.14. The second-order valence-electron chi connectivity index (χ2n) is 2.85. The smallest absolute Gasteiger partial charge is 0.176 e. The van der Waals surface area contributed by atoms with Gasteiger partial charge in [0.15, 0.2) is 5.82 Å². The minimum absolute atomic E-state index is 0.383. The number of anilines is 1. The average Bonchev–Trinajstić information content (AvgIpc) is 2.64. The second-order valence-corrected chi connectivity index (χ2v) is 3.29. The Kier molecular flexibility index (Phi) is 2.27. The molecule has 74 valence electrons. The number of aromatic nitrogens is 3. The van der Waals surface area contributed by atoms with Crippen molar-refractivity contribution in [2.45, 2.75) is 0 Å². The Labute approximate surface area is 90.7 Å². The van der Waals surface area contributed by atoms with Gasteiger partial charge in [-0.15, -0.1) is 0 Å². The molecule has 6 heteroatoms. The van der Waals surface area contributed by atoms with Crippen LogP contribution in [0.3, 0.4) is 0 Å². The predicted octanol–water partition coefficient (Wildman–Crippen LogP) is 1.37. The summed E-state index contributed by atoms with van der Waals surface area (Å²) in [5, 5.41) is 13.1. The Hall–Kier alpha value is -2.06. The average molecular weight is 220 g/mol. The van der Waals surface area contributed by atoms with Crippen molar-refractivity contribution < 1.29 is 0 Å². The maximum absolute atomic E-state index is 8.64. The Balaban J connectivity index is 2.51. The van der Waals surface area contributed by atoms with Crippen LogP contribution in [0, 0.1) is 11.3 Å². The maximum atomic E-state index is 8.64. The van der Waals surface area contributed by atoms with Crippen molar-refractivity contribution in [3.63, 3.8) is 0 Å². The van der Waals surface area contributed by atoms with E-state index in [-0.39, 0.29) is 0 Å². The van der Waals surface area contributed by atoms with E-state index in [1.165, 1.54) is 23.1 Å². The van der Waals surface area contributed by atoms with Gasteiger partial charge in [-0.1, -0.05) is 11.6 Å². The molecular formula is C9H6ClN5. The van der Waals surface area contributed by atoms with Gasteiger partial charge < -0.3 is 5.73 Å². The summed E-state index contributed by atoms with van der Waals surface area (Å²) in [5.41, 5.74) is 6.52. The molecule has 15 heavy (non-hydrogen) atoms. The first kappa shape index (κ1) is 9.49. The van der Waals surface area contributed by atoms with Gasteiger partial charge in [0.1, 0.15) is 6.07 Å². The fraction of sp³-hybridized carbons (Fsp3) is 0. The topological polar surface area (TPSA) is 80.5 Å². The number of nitrogen functional groups attached to an aromatic ring is 1. The van der Waals surface area contributed by atoms with E-state index in [1.54, 1.807) is 6.20 Å². The van der Waals surface area contributed by atoms with E-state index in [2.05, 4.69) is 10.1 Å². The lowest BCUT2D eigenvalue weighted by Crippen LogP contribution is -2.03. The van der Waals surface area contributed by atoms with Crippen molar-refractivity contribution >= 4 is 17.3 Å². The number of nitrogens with zero attached hydrogens (tertiary/aromatic N) is 4. The van der Waals surface area contributed by atoms with Gasteiger partial charge in [0.2, 0.25) is 0 Å². The van der Waals surface area contributed by atoms with Gasteiger partial charge in [0, 0.05) is 6.20 Å². The largest absolute Gasteiger partial charge is 0.396 e. The number of halogens is 1. The minimum Gasteiger partial charge on any atom is -0.396 e. The van der Waals surface area contributed by atoms with E-state index in [1.807, 2.05) is 6.07 Å². The number of hydrogen-bond donors (Lipinski definition) is 1. The summed E-state index contributed by atoms with van der Waals surface area (Å²) < 4.78 is 1.46. The van der Waals surface area contributed by atoms with Gasteiger partial charge in [-0.05, 0) is 6.07 Å². The van der Waals surface area contributed by atoms with Gasteiger partial charge in [-0.2, -0.15) is 10.4 Å². The molecule has 0 spiro atoms. The van der Waals surface area contributed by atoms with Crippen molar-refractivity contribution in [3.05, 3.63) is 35.2 Å². The fourth-order valence-corrected chi connectivity index (χ4v) is 1.28. The third-order valence-electron chi connectivity index (χ3n) is 1.79. The molecular weight excluding hydrogens is 214 g/mol. The summed E-state index contributed by atoms with van der Waals surface area (Å²) in [5.74, 6) is 0.459. The van der Waals surface area contributed by atoms with Gasteiger partial charge in [0.05, 0.1) is 28.7 Å². The highest BCUT2D eigenvalue weighted by Gasteiger charge is 2.05.